The molecule has 0 unspecified atom stereocenters. The van der Waals surface area contributed by atoms with E-state index < -0.39 is 0 Å². The summed E-state index contributed by atoms with van der Waals surface area (Å²) < 4.78 is 5.20. The van der Waals surface area contributed by atoms with Gasteiger partial charge < -0.3 is 10.5 Å². The van der Waals surface area contributed by atoms with Crippen molar-refractivity contribution >= 4 is 40.4 Å². The van der Waals surface area contributed by atoms with Crippen LogP contribution in [0.3, 0.4) is 0 Å². The Labute approximate surface area is 91.6 Å². The zero-order valence-corrected chi connectivity index (χ0v) is 8.92. The quantitative estimate of drug-likeness (QED) is 0.819. The van der Waals surface area contributed by atoms with Crippen molar-refractivity contribution in [3.05, 3.63) is 28.2 Å². The molecule has 0 amide bonds. The third-order valence-corrected chi connectivity index (χ3v) is 1.91. The van der Waals surface area contributed by atoms with E-state index in [4.69, 9.17) is 33.7 Å². The number of halogens is 2. The number of hydrogen-bond acceptors (Lipinski definition) is 2. The third kappa shape index (κ3) is 3.38. The van der Waals surface area contributed by atoms with E-state index in [9.17, 15) is 0 Å². The Bertz CT molecular complexity index is 330. The second-order valence-corrected chi connectivity index (χ2v) is 3.70. The summed E-state index contributed by atoms with van der Waals surface area (Å²) in [5.74, 6) is 0.527. The van der Waals surface area contributed by atoms with Gasteiger partial charge in [0.05, 0.1) is 5.02 Å². The Morgan fingerprint density at radius 1 is 1.46 bits per heavy atom. The average molecular weight is 236 g/mol. The van der Waals surface area contributed by atoms with Gasteiger partial charge in [0, 0.05) is 5.02 Å². The summed E-state index contributed by atoms with van der Waals surface area (Å²) in [6.45, 7) is 0.177. The predicted molar refractivity (Wildman–Crippen MR) is 58.7 cm³/mol. The van der Waals surface area contributed by atoms with Crippen LogP contribution in [0.2, 0.25) is 10.0 Å². The van der Waals surface area contributed by atoms with Gasteiger partial charge in [0.25, 0.3) is 0 Å². The molecule has 5 heteroatoms. The van der Waals surface area contributed by atoms with Gasteiger partial charge in [0.2, 0.25) is 0 Å². The summed E-state index contributed by atoms with van der Waals surface area (Å²) in [4.78, 5) is 0.283. The van der Waals surface area contributed by atoms with Crippen LogP contribution in [-0.2, 0) is 0 Å². The Morgan fingerprint density at radius 3 is 2.69 bits per heavy atom. The van der Waals surface area contributed by atoms with E-state index in [2.05, 4.69) is 12.2 Å². The van der Waals surface area contributed by atoms with Crippen molar-refractivity contribution in [3.8, 4) is 5.75 Å². The van der Waals surface area contributed by atoms with Crippen LogP contribution in [0, 0.1) is 0 Å². The van der Waals surface area contributed by atoms with Crippen LogP contribution in [0.1, 0.15) is 0 Å². The SMILES string of the molecule is NC(=S)COc1ccc(Cl)cc1Cl. The second kappa shape index (κ2) is 4.65. The minimum atomic E-state index is 0.177. The largest absolute Gasteiger partial charge is 0.485 e. The second-order valence-electron chi connectivity index (χ2n) is 2.33. The molecule has 0 bridgehead atoms. The van der Waals surface area contributed by atoms with Gasteiger partial charge in [-0.1, -0.05) is 35.4 Å². The molecule has 2 nitrogen and oxygen atoms in total. The highest BCUT2D eigenvalue weighted by Crippen LogP contribution is 2.27. The highest BCUT2D eigenvalue weighted by molar-refractivity contribution is 7.80. The maximum absolute atomic E-state index is 5.82. The van der Waals surface area contributed by atoms with Gasteiger partial charge in [-0.05, 0) is 18.2 Å². The van der Waals surface area contributed by atoms with Crippen LogP contribution in [0.15, 0.2) is 18.2 Å². The van der Waals surface area contributed by atoms with E-state index in [1.165, 1.54) is 0 Å². The molecule has 70 valence electrons. The molecule has 0 heterocycles. The topological polar surface area (TPSA) is 35.2 Å². The first-order valence-electron chi connectivity index (χ1n) is 3.46. The summed E-state index contributed by atoms with van der Waals surface area (Å²) in [5, 5.41) is 1.01. The molecule has 13 heavy (non-hydrogen) atoms. The number of ether oxygens (including phenoxy) is 1. The van der Waals surface area contributed by atoms with Crippen LogP contribution in [-0.4, -0.2) is 11.6 Å². The Kier molecular flexibility index (Phi) is 3.78. The monoisotopic (exact) mass is 235 g/mol. The Morgan fingerprint density at radius 2 is 2.15 bits per heavy atom. The summed E-state index contributed by atoms with van der Waals surface area (Å²) in [6.07, 6.45) is 0. The summed E-state index contributed by atoms with van der Waals surface area (Å²) >= 11 is 16.2. The van der Waals surface area contributed by atoms with E-state index in [1.807, 2.05) is 0 Å². The highest BCUT2D eigenvalue weighted by atomic mass is 35.5. The van der Waals surface area contributed by atoms with Gasteiger partial charge >= 0.3 is 0 Å². The van der Waals surface area contributed by atoms with Crippen molar-refractivity contribution < 1.29 is 4.74 Å². The molecule has 0 saturated heterocycles. The lowest BCUT2D eigenvalue weighted by Crippen LogP contribution is -2.17. The van der Waals surface area contributed by atoms with Gasteiger partial charge in [0.1, 0.15) is 17.3 Å². The molecular formula is C8H7Cl2NOS. The zero-order chi connectivity index (χ0) is 9.84. The first-order chi connectivity index (χ1) is 6.09. The van der Waals surface area contributed by atoms with Crippen LogP contribution in [0.25, 0.3) is 0 Å². The number of benzene rings is 1. The number of thiocarbonyl (C=S) groups is 1. The third-order valence-electron chi connectivity index (χ3n) is 1.26. The van der Waals surface area contributed by atoms with E-state index in [-0.39, 0.29) is 11.6 Å². The molecule has 0 atom stereocenters. The maximum Gasteiger partial charge on any atom is 0.138 e. The average Bonchev–Trinajstić information content (AvgIpc) is 2.02. The highest BCUT2D eigenvalue weighted by Gasteiger charge is 2.02. The van der Waals surface area contributed by atoms with Gasteiger partial charge in [-0.15, -0.1) is 0 Å². The Hall–Kier alpha value is -0.510. The summed E-state index contributed by atoms with van der Waals surface area (Å²) in [7, 11) is 0. The fourth-order valence-corrected chi connectivity index (χ4v) is 1.26. The fourth-order valence-electron chi connectivity index (χ4n) is 0.741. The minimum Gasteiger partial charge on any atom is -0.485 e. The lowest BCUT2D eigenvalue weighted by atomic mass is 10.3. The molecule has 0 aliphatic rings. The minimum absolute atomic E-state index is 0.177. The molecule has 0 spiro atoms. The summed E-state index contributed by atoms with van der Waals surface area (Å²) in [6, 6.07) is 4.95. The smallest absolute Gasteiger partial charge is 0.138 e. The van der Waals surface area contributed by atoms with Crippen molar-refractivity contribution in [2.45, 2.75) is 0 Å². The van der Waals surface area contributed by atoms with E-state index in [0.29, 0.717) is 15.8 Å². The van der Waals surface area contributed by atoms with Crippen LogP contribution in [0.5, 0.6) is 5.75 Å². The van der Waals surface area contributed by atoms with Gasteiger partial charge in [-0.25, -0.2) is 0 Å². The normalized spacial score (nSPS) is 9.69. The molecule has 1 aromatic carbocycles. The first-order valence-corrected chi connectivity index (χ1v) is 4.62. The molecule has 0 fully saturated rings. The lowest BCUT2D eigenvalue weighted by molar-refractivity contribution is 0.378. The van der Waals surface area contributed by atoms with E-state index in [1.54, 1.807) is 18.2 Å². The fraction of sp³-hybridized carbons (Fsp3) is 0.125. The summed E-state index contributed by atoms with van der Waals surface area (Å²) in [5.41, 5.74) is 5.26. The van der Waals surface area contributed by atoms with Gasteiger partial charge in [0.15, 0.2) is 0 Å². The lowest BCUT2D eigenvalue weighted by Gasteiger charge is -2.06. The number of nitrogens with two attached hydrogens (primary N) is 1. The molecule has 2 N–H and O–H groups in total. The van der Waals surface area contributed by atoms with Crippen molar-refractivity contribution in [2.24, 2.45) is 5.73 Å². The maximum atomic E-state index is 5.82. The van der Waals surface area contributed by atoms with Crippen LogP contribution in [0.4, 0.5) is 0 Å². The molecule has 0 aliphatic carbocycles. The molecule has 0 saturated carbocycles. The van der Waals surface area contributed by atoms with Crippen molar-refractivity contribution in [1.29, 1.82) is 0 Å². The van der Waals surface area contributed by atoms with Crippen molar-refractivity contribution in [1.82, 2.24) is 0 Å². The van der Waals surface area contributed by atoms with E-state index in [0.717, 1.165) is 0 Å². The molecule has 0 radical (unpaired) electrons. The molecule has 0 aromatic heterocycles. The number of rotatable bonds is 3. The van der Waals surface area contributed by atoms with E-state index >= 15 is 0 Å². The van der Waals surface area contributed by atoms with Gasteiger partial charge in [-0.2, -0.15) is 0 Å². The molecule has 1 aromatic rings. The standard InChI is InChI=1S/C8H7Cl2NOS/c9-5-1-2-7(6(10)3-5)12-4-8(11)13/h1-3H,4H2,(H2,11,13). The molecular weight excluding hydrogens is 229 g/mol. The van der Waals surface area contributed by atoms with Crippen molar-refractivity contribution in [2.75, 3.05) is 6.61 Å². The first kappa shape index (κ1) is 10.6. The molecule has 1 rings (SSSR count). The van der Waals surface area contributed by atoms with Crippen molar-refractivity contribution in [3.63, 3.8) is 0 Å². The van der Waals surface area contributed by atoms with Crippen LogP contribution < -0.4 is 10.5 Å². The zero-order valence-electron chi connectivity index (χ0n) is 6.59. The van der Waals surface area contributed by atoms with Gasteiger partial charge in [-0.3, -0.25) is 0 Å². The molecule has 0 aliphatic heterocycles. The number of hydrogen-bond donors (Lipinski definition) is 1. The predicted octanol–water partition coefficient (Wildman–Crippen LogP) is 2.66. The Balaban J connectivity index is 2.72. The van der Waals surface area contributed by atoms with Crippen LogP contribution >= 0.6 is 35.4 Å².